The molecular formula is C15H10FNOS2. The van der Waals surface area contributed by atoms with Gasteiger partial charge >= 0.3 is 0 Å². The molecule has 2 nitrogen and oxygen atoms in total. The van der Waals surface area contributed by atoms with Gasteiger partial charge < -0.3 is 4.42 Å². The smallest absolute Gasteiger partial charge is 0.274 e. The van der Waals surface area contributed by atoms with Gasteiger partial charge in [0.2, 0.25) is 0 Å². The van der Waals surface area contributed by atoms with Gasteiger partial charge in [-0.05, 0) is 49.5 Å². The summed E-state index contributed by atoms with van der Waals surface area (Å²) in [5, 5.41) is 0.790. The lowest BCUT2D eigenvalue weighted by molar-refractivity contribution is 0.536. The summed E-state index contributed by atoms with van der Waals surface area (Å²) in [6.07, 6.45) is 0. The molecule has 0 N–H and O–H groups in total. The summed E-state index contributed by atoms with van der Waals surface area (Å²) < 4.78 is 21.1. The minimum absolute atomic E-state index is 0.206. The molecule has 0 amide bonds. The van der Waals surface area contributed by atoms with E-state index in [-0.39, 0.29) is 10.7 Å². The second-order valence-electron chi connectivity index (χ2n) is 4.49. The van der Waals surface area contributed by atoms with E-state index in [4.69, 9.17) is 28.9 Å². The first-order chi connectivity index (χ1) is 9.56. The first kappa shape index (κ1) is 13.1. The number of nitrogens with zero attached hydrogens (tertiary/aromatic N) is 1. The number of aryl methyl sites for hydroxylation is 1. The molecule has 100 valence electrons. The zero-order valence-electron chi connectivity index (χ0n) is 10.6. The van der Waals surface area contributed by atoms with Crippen LogP contribution in [-0.2, 0) is 0 Å². The molecule has 0 bridgehead atoms. The van der Waals surface area contributed by atoms with E-state index in [1.165, 1.54) is 12.1 Å². The lowest BCUT2D eigenvalue weighted by atomic mass is 10.2. The maximum absolute atomic E-state index is 13.4. The maximum Gasteiger partial charge on any atom is 0.274 e. The van der Waals surface area contributed by atoms with Crippen LogP contribution in [0.3, 0.4) is 0 Å². The molecule has 0 aliphatic carbocycles. The molecular weight excluding hydrogens is 293 g/mol. The van der Waals surface area contributed by atoms with Gasteiger partial charge in [-0.1, -0.05) is 29.9 Å². The first-order valence-electron chi connectivity index (χ1n) is 5.99. The van der Waals surface area contributed by atoms with Gasteiger partial charge in [-0.25, -0.2) is 4.39 Å². The molecule has 20 heavy (non-hydrogen) atoms. The van der Waals surface area contributed by atoms with Gasteiger partial charge in [0.25, 0.3) is 4.84 Å². The molecule has 1 heterocycles. The largest absolute Gasteiger partial charge is 0.431 e. The number of halogens is 1. The van der Waals surface area contributed by atoms with Crippen LogP contribution in [0.2, 0.25) is 0 Å². The Kier molecular flexibility index (Phi) is 3.23. The number of hydrogen-bond donors (Lipinski definition) is 0. The molecule has 3 aromatic rings. The summed E-state index contributed by atoms with van der Waals surface area (Å²) in [7, 11) is 0. The zero-order chi connectivity index (χ0) is 14.3. The number of benzene rings is 2. The third-order valence-corrected chi connectivity index (χ3v) is 3.68. The molecule has 2 aromatic carbocycles. The first-order valence-corrected chi connectivity index (χ1v) is 6.80. The Balaban J connectivity index is 2.42. The average molecular weight is 303 g/mol. The monoisotopic (exact) mass is 303 g/mol. The van der Waals surface area contributed by atoms with Gasteiger partial charge in [-0.3, -0.25) is 4.57 Å². The fourth-order valence-corrected chi connectivity index (χ4v) is 2.77. The Labute approximate surface area is 125 Å². The average Bonchev–Trinajstić information content (AvgIpc) is 2.40. The predicted octanol–water partition coefficient (Wildman–Crippen LogP) is 5.13. The van der Waals surface area contributed by atoms with Gasteiger partial charge in [-0.2, -0.15) is 0 Å². The highest BCUT2D eigenvalue weighted by molar-refractivity contribution is 7.72. The molecule has 0 saturated heterocycles. The third-order valence-electron chi connectivity index (χ3n) is 3.01. The van der Waals surface area contributed by atoms with Crippen molar-refractivity contribution in [3.05, 3.63) is 63.3 Å². The molecule has 5 heteroatoms. The number of rotatable bonds is 1. The van der Waals surface area contributed by atoms with Gasteiger partial charge in [0.05, 0.1) is 11.1 Å². The summed E-state index contributed by atoms with van der Waals surface area (Å²) in [4.78, 5) is 0.206. The van der Waals surface area contributed by atoms with Crippen LogP contribution in [0.25, 0.3) is 16.7 Å². The van der Waals surface area contributed by atoms with Crippen LogP contribution < -0.4 is 0 Å². The topological polar surface area (TPSA) is 18.1 Å². The van der Waals surface area contributed by atoms with E-state index < -0.39 is 0 Å². The van der Waals surface area contributed by atoms with Crippen molar-refractivity contribution in [1.82, 2.24) is 4.57 Å². The maximum atomic E-state index is 13.4. The van der Waals surface area contributed by atoms with E-state index in [1.807, 2.05) is 25.1 Å². The molecule has 0 saturated carbocycles. The molecule has 0 fully saturated rings. The van der Waals surface area contributed by atoms with Crippen molar-refractivity contribution in [3.63, 3.8) is 0 Å². The van der Waals surface area contributed by atoms with Crippen LogP contribution in [0.1, 0.15) is 5.56 Å². The van der Waals surface area contributed by atoms with Crippen LogP contribution in [-0.4, -0.2) is 4.57 Å². The normalized spacial score (nSPS) is 10.9. The minimum Gasteiger partial charge on any atom is -0.431 e. The second-order valence-corrected chi connectivity index (χ2v) is 5.22. The SMILES string of the molecule is Cc1ccc2oc(=S)n(-c3cccc(F)c3)c(=S)c2c1. The molecule has 0 radical (unpaired) electrons. The highest BCUT2D eigenvalue weighted by atomic mass is 32.1. The van der Waals surface area contributed by atoms with Crippen molar-refractivity contribution in [2.45, 2.75) is 6.92 Å². The van der Waals surface area contributed by atoms with Crippen molar-refractivity contribution in [2.75, 3.05) is 0 Å². The lowest BCUT2D eigenvalue weighted by Crippen LogP contribution is -2.00. The van der Waals surface area contributed by atoms with E-state index in [0.29, 0.717) is 15.9 Å². The Morgan fingerprint density at radius 1 is 1.10 bits per heavy atom. The Bertz CT molecular complexity index is 927. The van der Waals surface area contributed by atoms with Crippen molar-refractivity contribution in [2.24, 2.45) is 0 Å². The summed E-state index contributed by atoms with van der Waals surface area (Å²) >= 11 is 10.7. The van der Waals surface area contributed by atoms with Gasteiger partial charge in [-0.15, -0.1) is 0 Å². The lowest BCUT2D eigenvalue weighted by Gasteiger charge is -2.09. The summed E-state index contributed by atoms with van der Waals surface area (Å²) in [6, 6.07) is 11.8. The zero-order valence-corrected chi connectivity index (χ0v) is 12.2. The second kappa shape index (κ2) is 4.92. The molecule has 0 aliphatic heterocycles. The summed E-state index contributed by atoms with van der Waals surface area (Å²) in [6.45, 7) is 1.97. The minimum atomic E-state index is -0.344. The molecule has 1 aromatic heterocycles. The Morgan fingerprint density at radius 3 is 2.65 bits per heavy atom. The van der Waals surface area contributed by atoms with Crippen molar-refractivity contribution in [1.29, 1.82) is 0 Å². The highest BCUT2D eigenvalue weighted by Gasteiger charge is 2.07. The quantitative estimate of drug-likeness (QED) is 0.580. The van der Waals surface area contributed by atoms with Crippen LogP contribution >= 0.6 is 24.4 Å². The van der Waals surface area contributed by atoms with Crippen molar-refractivity contribution >= 4 is 35.4 Å². The number of hydrogen-bond acceptors (Lipinski definition) is 3. The van der Waals surface area contributed by atoms with Crippen molar-refractivity contribution in [3.8, 4) is 5.69 Å². The molecule has 0 unspecified atom stereocenters. The highest BCUT2D eigenvalue weighted by Crippen LogP contribution is 2.21. The van der Waals surface area contributed by atoms with Gasteiger partial charge in [0, 0.05) is 0 Å². The fourth-order valence-electron chi connectivity index (χ4n) is 2.08. The molecule has 3 rings (SSSR count). The number of aromatic nitrogens is 1. The van der Waals surface area contributed by atoms with E-state index in [9.17, 15) is 4.39 Å². The third kappa shape index (κ3) is 2.19. The van der Waals surface area contributed by atoms with E-state index in [0.717, 1.165) is 10.9 Å². The molecule has 0 aliphatic rings. The van der Waals surface area contributed by atoms with Crippen molar-refractivity contribution < 1.29 is 8.81 Å². The Hall–Kier alpha value is -1.85. The van der Waals surface area contributed by atoms with E-state index >= 15 is 0 Å². The van der Waals surface area contributed by atoms with Crippen LogP contribution in [0.5, 0.6) is 0 Å². The molecule has 0 spiro atoms. The van der Waals surface area contributed by atoms with Gasteiger partial charge in [0.15, 0.2) is 0 Å². The number of fused-ring (bicyclic) bond motifs is 1. The van der Waals surface area contributed by atoms with E-state index in [2.05, 4.69) is 0 Å². The Morgan fingerprint density at radius 2 is 1.90 bits per heavy atom. The summed E-state index contributed by atoms with van der Waals surface area (Å²) in [5.74, 6) is -0.344. The van der Waals surface area contributed by atoms with Crippen LogP contribution in [0.15, 0.2) is 46.9 Å². The predicted molar refractivity (Wildman–Crippen MR) is 81.9 cm³/mol. The van der Waals surface area contributed by atoms with Crippen LogP contribution in [0, 0.1) is 22.2 Å². The molecule has 0 atom stereocenters. The fraction of sp³-hybridized carbons (Fsp3) is 0.0667. The van der Waals surface area contributed by atoms with E-state index in [1.54, 1.807) is 16.7 Å². The standard InChI is InChI=1S/C15H10FNOS2/c1-9-5-6-13-12(7-9)14(19)17(15(20)18-13)11-4-2-3-10(16)8-11/h2-8H,1H3. The van der Waals surface area contributed by atoms with Gasteiger partial charge in [0.1, 0.15) is 16.0 Å². The van der Waals surface area contributed by atoms with Crippen LogP contribution in [0.4, 0.5) is 4.39 Å². The summed E-state index contributed by atoms with van der Waals surface area (Å²) in [5.41, 5.74) is 2.27.